The second kappa shape index (κ2) is 3.54. The van der Waals surface area contributed by atoms with Crippen LogP contribution in [0.1, 0.15) is 31.2 Å². The van der Waals surface area contributed by atoms with E-state index in [0.717, 1.165) is 12.0 Å². The van der Waals surface area contributed by atoms with Crippen molar-refractivity contribution in [1.82, 2.24) is 0 Å². The van der Waals surface area contributed by atoms with E-state index in [-0.39, 0.29) is 12.2 Å². The van der Waals surface area contributed by atoms with Gasteiger partial charge in [-0.25, -0.2) is 0 Å². The van der Waals surface area contributed by atoms with Crippen molar-refractivity contribution in [2.75, 3.05) is 0 Å². The van der Waals surface area contributed by atoms with Crippen LogP contribution < -0.4 is 0 Å². The highest BCUT2D eigenvalue weighted by atomic mass is 16.3. The lowest BCUT2D eigenvalue weighted by atomic mass is 9.79. The topological polar surface area (TPSA) is 37.3 Å². The van der Waals surface area contributed by atoms with Crippen molar-refractivity contribution in [1.29, 1.82) is 0 Å². The molecule has 0 radical (unpaired) electrons. The minimum absolute atomic E-state index is 0.169. The molecule has 1 unspecified atom stereocenters. The normalized spacial score (nSPS) is 27.6. The Morgan fingerprint density at radius 3 is 2.57 bits per heavy atom. The Kier molecular flexibility index (Phi) is 2.38. The lowest BCUT2D eigenvalue weighted by molar-refractivity contribution is -0.128. The summed E-state index contributed by atoms with van der Waals surface area (Å²) >= 11 is 0. The van der Waals surface area contributed by atoms with E-state index >= 15 is 0 Å². The lowest BCUT2D eigenvalue weighted by Gasteiger charge is -2.31. The molecule has 0 spiro atoms. The van der Waals surface area contributed by atoms with E-state index < -0.39 is 5.60 Å². The van der Waals surface area contributed by atoms with Gasteiger partial charge >= 0.3 is 0 Å². The van der Waals surface area contributed by atoms with Gasteiger partial charge in [0.15, 0.2) is 0 Å². The molecule has 0 aliphatic heterocycles. The third kappa shape index (κ3) is 1.70. The minimum Gasteiger partial charge on any atom is -0.385 e. The van der Waals surface area contributed by atoms with Crippen LogP contribution in [0.4, 0.5) is 0 Å². The Morgan fingerprint density at radius 2 is 1.93 bits per heavy atom. The molecule has 1 aliphatic carbocycles. The smallest absolute Gasteiger partial charge is 0.136 e. The maximum Gasteiger partial charge on any atom is 0.136 e. The Morgan fingerprint density at radius 1 is 1.21 bits per heavy atom. The van der Waals surface area contributed by atoms with E-state index in [1.807, 2.05) is 30.3 Å². The highest BCUT2D eigenvalue weighted by Crippen LogP contribution is 2.34. The van der Waals surface area contributed by atoms with E-state index in [1.165, 1.54) is 0 Å². The van der Waals surface area contributed by atoms with Crippen molar-refractivity contribution in [3.63, 3.8) is 0 Å². The van der Waals surface area contributed by atoms with Gasteiger partial charge in [0.2, 0.25) is 0 Å². The van der Waals surface area contributed by atoms with E-state index in [9.17, 15) is 9.90 Å². The van der Waals surface area contributed by atoms with E-state index in [2.05, 4.69) is 0 Å². The Bertz CT molecular complexity index is 331. The molecule has 1 fully saturated rings. The number of carbonyl (C=O) groups is 1. The number of hydrogen-bond donors (Lipinski definition) is 1. The molecule has 2 heteroatoms. The molecule has 1 atom stereocenters. The second-order valence-corrected chi connectivity index (χ2v) is 3.97. The molecule has 1 N–H and O–H groups in total. The monoisotopic (exact) mass is 190 g/mol. The number of Topliss-reactive ketones (excluding diaryl/α,β-unsaturated/α-hetero) is 1. The molecule has 14 heavy (non-hydrogen) atoms. The molecule has 0 aromatic heterocycles. The first-order valence-electron chi connectivity index (χ1n) is 5.00. The van der Waals surface area contributed by atoms with Crippen molar-refractivity contribution >= 4 is 5.78 Å². The highest BCUT2D eigenvalue weighted by molar-refractivity contribution is 5.80. The number of hydrogen-bond acceptors (Lipinski definition) is 2. The number of ketones is 1. The summed E-state index contributed by atoms with van der Waals surface area (Å²) in [5.74, 6) is 0.169. The molecule has 1 aliphatic rings. The Balaban J connectivity index is 2.27. The van der Waals surface area contributed by atoms with Crippen LogP contribution in [0.2, 0.25) is 0 Å². The summed E-state index contributed by atoms with van der Waals surface area (Å²) in [6, 6.07) is 9.48. The van der Waals surface area contributed by atoms with Gasteiger partial charge < -0.3 is 5.11 Å². The summed E-state index contributed by atoms with van der Waals surface area (Å²) in [6.07, 6.45) is 2.39. The van der Waals surface area contributed by atoms with Crippen LogP contribution in [-0.2, 0) is 10.4 Å². The molecular weight excluding hydrogens is 176 g/mol. The summed E-state index contributed by atoms with van der Waals surface area (Å²) in [6.45, 7) is 0. The van der Waals surface area contributed by atoms with Gasteiger partial charge in [-0.2, -0.15) is 0 Å². The van der Waals surface area contributed by atoms with Crippen molar-refractivity contribution in [2.45, 2.75) is 31.3 Å². The van der Waals surface area contributed by atoms with Gasteiger partial charge in [0.05, 0.1) is 5.60 Å². The van der Waals surface area contributed by atoms with Gasteiger partial charge in [-0.15, -0.1) is 0 Å². The molecule has 1 saturated carbocycles. The van der Waals surface area contributed by atoms with Crippen molar-refractivity contribution in [3.8, 4) is 0 Å². The quantitative estimate of drug-likeness (QED) is 0.735. The summed E-state index contributed by atoms with van der Waals surface area (Å²) < 4.78 is 0. The predicted octanol–water partition coefficient (Wildman–Crippen LogP) is 2.02. The third-order valence-corrected chi connectivity index (χ3v) is 2.85. The first-order valence-corrected chi connectivity index (χ1v) is 5.00. The molecule has 0 saturated heterocycles. The predicted molar refractivity (Wildman–Crippen MR) is 53.8 cm³/mol. The SMILES string of the molecule is O=C1CCCC(O)(c2ccccc2)C1. The average molecular weight is 190 g/mol. The van der Waals surface area contributed by atoms with Gasteiger partial charge in [0.25, 0.3) is 0 Å². The van der Waals surface area contributed by atoms with Crippen molar-refractivity contribution in [3.05, 3.63) is 35.9 Å². The summed E-state index contributed by atoms with van der Waals surface area (Å²) in [5.41, 5.74) is -0.0376. The van der Waals surface area contributed by atoms with Gasteiger partial charge in [-0.1, -0.05) is 30.3 Å². The van der Waals surface area contributed by atoms with Crippen LogP contribution in [0.3, 0.4) is 0 Å². The maximum absolute atomic E-state index is 11.3. The molecule has 0 heterocycles. The number of carbonyl (C=O) groups excluding carboxylic acids is 1. The van der Waals surface area contributed by atoms with Gasteiger partial charge in [-0.3, -0.25) is 4.79 Å². The fraction of sp³-hybridized carbons (Fsp3) is 0.417. The van der Waals surface area contributed by atoms with Crippen molar-refractivity contribution in [2.24, 2.45) is 0 Å². The van der Waals surface area contributed by atoms with Crippen molar-refractivity contribution < 1.29 is 9.90 Å². The Labute approximate surface area is 83.6 Å². The first-order chi connectivity index (χ1) is 6.71. The number of benzene rings is 1. The van der Waals surface area contributed by atoms with Crippen LogP contribution in [-0.4, -0.2) is 10.9 Å². The molecular formula is C12H14O2. The van der Waals surface area contributed by atoms with Crippen LogP contribution in [0, 0.1) is 0 Å². The van der Waals surface area contributed by atoms with E-state index in [0.29, 0.717) is 12.8 Å². The summed E-state index contributed by atoms with van der Waals surface area (Å²) in [7, 11) is 0. The maximum atomic E-state index is 11.3. The number of rotatable bonds is 1. The van der Waals surface area contributed by atoms with Gasteiger partial charge in [-0.05, 0) is 18.4 Å². The molecule has 74 valence electrons. The fourth-order valence-electron chi connectivity index (χ4n) is 2.08. The largest absolute Gasteiger partial charge is 0.385 e. The van der Waals surface area contributed by atoms with E-state index in [1.54, 1.807) is 0 Å². The number of aliphatic hydroxyl groups is 1. The van der Waals surface area contributed by atoms with Crippen LogP contribution in [0.5, 0.6) is 0 Å². The van der Waals surface area contributed by atoms with Crippen LogP contribution in [0.15, 0.2) is 30.3 Å². The van der Waals surface area contributed by atoms with Gasteiger partial charge in [0.1, 0.15) is 5.78 Å². The highest BCUT2D eigenvalue weighted by Gasteiger charge is 2.34. The zero-order chi connectivity index (χ0) is 10.0. The zero-order valence-electron chi connectivity index (χ0n) is 8.07. The van der Waals surface area contributed by atoms with Crippen LogP contribution >= 0.6 is 0 Å². The molecule has 1 aromatic carbocycles. The molecule has 2 nitrogen and oxygen atoms in total. The Hall–Kier alpha value is -1.15. The van der Waals surface area contributed by atoms with Crippen LogP contribution in [0.25, 0.3) is 0 Å². The molecule has 0 bridgehead atoms. The van der Waals surface area contributed by atoms with Gasteiger partial charge in [0, 0.05) is 12.8 Å². The molecule has 1 aromatic rings. The summed E-state index contributed by atoms with van der Waals surface area (Å²) in [5, 5.41) is 10.3. The average Bonchev–Trinajstić information content (AvgIpc) is 2.19. The second-order valence-electron chi connectivity index (χ2n) is 3.97. The minimum atomic E-state index is -0.906. The summed E-state index contributed by atoms with van der Waals surface area (Å²) in [4.78, 5) is 11.3. The zero-order valence-corrected chi connectivity index (χ0v) is 8.07. The lowest BCUT2D eigenvalue weighted by Crippen LogP contribution is -2.32. The molecule has 0 amide bonds. The van der Waals surface area contributed by atoms with E-state index in [4.69, 9.17) is 0 Å². The first kappa shape index (κ1) is 9.41. The standard InChI is InChI=1S/C12H14O2/c13-11-7-4-8-12(14,9-11)10-5-2-1-3-6-10/h1-3,5-6,14H,4,7-9H2. The molecule has 2 rings (SSSR count). The fourth-order valence-corrected chi connectivity index (χ4v) is 2.08. The third-order valence-electron chi connectivity index (χ3n) is 2.85.